The molecule has 0 spiro atoms. The van der Waals surface area contributed by atoms with Crippen molar-refractivity contribution >= 4 is 5.91 Å². The Kier molecular flexibility index (Phi) is 2.49. The third kappa shape index (κ3) is 1.82. The maximum absolute atomic E-state index is 12.8. The number of hydrogen-bond acceptors (Lipinski definition) is 2. The quantitative estimate of drug-likeness (QED) is 0.639. The normalized spacial score (nSPS) is 34.1. The molecule has 3 nitrogen and oxygen atoms in total. The van der Waals surface area contributed by atoms with Crippen LogP contribution in [0.1, 0.15) is 19.3 Å². The summed E-state index contributed by atoms with van der Waals surface area (Å²) in [5.74, 6) is 0.0950. The second-order valence-corrected chi connectivity index (χ2v) is 3.82. The molecule has 0 saturated carbocycles. The van der Waals surface area contributed by atoms with Crippen molar-refractivity contribution in [2.24, 2.45) is 0 Å². The van der Waals surface area contributed by atoms with Crippen molar-refractivity contribution in [2.45, 2.75) is 31.5 Å². The second-order valence-electron chi connectivity index (χ2n) is 3.82. The van der Waals surface area contributed by atoms with Crippen LogP contribution in [0.5, 0.6) is 0 Å². The van der Waals surface area contributed by atoms with Crippen molar-refractivity contribution in [2.75, 3.05) is 19.6 Å². The Balaban J connectivity index is 1.89. The van der Waals surface area contributed by atoms with E-state index >= 15 is 0 Å². The number of likely N-dealkylation sites (tertiary alicyclic amines) is 1. The predicted molar refractivity (Wildman–Crippen MR) is 47.1 cm³/mol. The van der Waals surface area contributed by atoms with Gasteiger partial charge in [0.05, 0.1) is 12.6 Å². The molecule has 2 fully saturated rings. The Labute approximate surface area is 77.3 Å². The summed E-state index contributed by atoms with van der Waals surface area (Å²) in [6.45, 7) is 1.82. The molecule has 2 aliphatic rings. The van der Waals surface area contributed by atoms with Gasteiger partial charge in [0.2, 0.25) is 5.91 Å². The summed E-state index contributed by atoms with van der Waals surface area (Å²) in [6.07, 6.45) is 1.68. The maximum atomic E-state index is 12.8. The highest BCUT2D eigenvalue weighted by atomic mass is 19.1. The van der Waals surface area contributed by atoms with Crippen LogP contribution in [-0.2, 0) is 4.79 Å². The van der Waals surface area contributed by atoms with Gasteiger partial charge in [0.1, 0.15) is 6.17 Å². The van der Waals surface area contributed by atoms with Crippen LogP contribution < -0.4 is 5.32 Å². The van der Waals surface area contributed by atoms with Gasteiger partial charge in [-0.1, -0.05) is 0 Å². The van der Waals surface area contributed by atoms with Gasteiger partial charge in [-0.2, -0.15) is 0 Å². The van der Waals surface area contributed by atoms with Gasteiger partial charge in [-0.15, -0.1) is 0 Å². The molecule has 74 valence electrons. The lowest BCUT2D eigenvalue weighted by molar-refractivity contribution is -0.132. The Morgan fingerprint density at radius 3 is 2.85 bits per heavy atom. The van der Waals surface area contributed by atoms with Crippen molar-refractivity contribution in [1.82, 2.24) is 10.2 Å². The molecule has 0 unspecified atom stereocenters. The standard InChI is InChI=1S/C9H15FN2O/c10-7-3-5-12(6-7)9(13)8-2-1-4-11-8/h7-8,11H,1-6H2/t7-,8+/m0/s1. The number of rotatable bonds is 1. The van der Waals surface area contributed by atoms with E-state index in [1.165, 1.54) is 0 Å². The minimum atomic E-state index is -0.801. The van der Waals surface area contributed by atoms with Gasteiger partial charge in [0.15, 0.2) is 0 Å². The monoisotopic (exact) mass is 186 g/mol. The molecule has 13 heavy (non-hydrogen) atoms. The van der Waals surface area contributed by atoms with Gasteiger partial charge >= 0.3 is 0 Å². The third-order valence-electron chi connectivity index (χ3n) is 2.80. The molecule has 0 radical (unpaired) electrons. The Morgan fingerprint density at radius 2 is 2.31 bits per heavy atom. The number of amides is 1. The molecule has 2 aliphatic heterocycles. The summed E-state index contributed by atoms with van der Waals surface area (Å²) in [7, 11) is 0. The maximum Gasteiger partial charge on any atom is 0.239 e. The summed E-state index contributed by atoms with van der Waals surface area (Å²) in [6, 6.07) is -0.0368. The third-order valence-corrected chi connectivity index (χ3v) is 2.80. The van der Waals surface area contributed by atoms with Gasteiger partial charge in [0, 0.05) is 6.54 Å². The molecule has 0 aromatic carbocycles. The average Bonchev–Trinajstić information content (AvgIpc) is 2.72. The molecule has 0 bridgehead atoms. The largest absolute Gasteiger partial charge is 0.338 e. The molecule has 0 aromatic heterocycles. The average molecular weight is 186 g/mol. The summed E-state index contributed by atoms with van der Waals surface area (Å²) in [5.41, 5.74) is 0. The molecule has 2 atom stereocenters. The first-order valence-corrected chi connectivity index (χ1v) is 4.93. The molecule has 0 aromatic rings. The summed E-state index contributed by atoms with van der Waals surface area (Å²) >= 11 is 0. The Hall–Kier alpha value is -0.640. The highest BCUT2D eigenvalue weighted by Crippen LogP contribution is 2.16. The summed E-state index contributed by atoms with van der Waals surface area (Å²) in [5, 5.41) is 3.13. The van der Waals surface area contributed by atoms with Crippen molar-refractivity contribution < 1.29 is 9.18 Å². The zero-order chi connectivity index (χ0) is 9.26. The Morgan fingerprint density at radius 1 is 1.46 bits per heavy atom. The van der Waals surface area contributed by atoms with Crippen LogP contribution in [0.15, 0.2) is 0 Å². The van der Waals surface area contributed by atoms with E-state index in [-0.39, 0.29) is 11.9 Å². The minimum Gasteiger partial charge on any atom is -0.338 e. The molecule has 1 amide bonds. The Bertz CT molecular complexity index is 204. The van der Waals surface area contributed by atoms with Gasteiger partial charge in [-0.3, -0.25) is 4.79 Å². The lowest BCUT2D eigenvalue weighted by Crippen LogP contribution is -2.42. The molecule has 1 N–H and O–H groups in total. The first-order valence-electron chi connectivity index (χ1n) is 4.93. The molecule has 0 aliphatic carbocycles. The van der Waals surface area contributed by atoms with Crippen molar-refractivity contribution in [3.8, 4) is 0 Å². The topological polar surface area (TPSA) is 32.3 Å². The lowest BCUT2D eigenvalue weighted by Gasteiger charge is -2.19. The van der Waals surface area contributed by atoms with Gasteiger partial charge in [-0.25, -0.2) is 4.39 Å². The molecule has 2 heterocycles. The van der Waals surface area contributed by atoms with Gasteiger partial charge < -0.3 is 10.2 Å². The number of nitrogens with zero attached hydrogens (tertiary/aromatic N) is 1. The smallest absolute Gasteiger partial charge is 0.239 e. The van der Waals surface area contributed by atoms with E-state index in [0.29, 0.717) is 19.5 Å². The van der Waals surface area contributed by atoms with Crippen LogP contribution in [0, 0.1) is 0 Å². The van der Waals surface area contributed by atoms with Gasteiger partial charge in [-0.05, 0) is 25.8 Å². The number of alkyl halides is 1. The molecular formula is C9H15FN2O. The van der Waals surface area contributed by atoms with Crippen molar-refractivity contribution in [1.29, 1.82) is 0 Å². The number of carbonyl (C=O) groups is 1. The number of halogens is 1. The number of carbonyl (C=O) groups excluding carboxylic acids is 1. The van der Waals surface area contributed by atoms with E-state index in [1.54, 1.807) is 4.90 Å². The van der Waals surface area contributed by atoms with Crippen LogP contribution >= 0.6 is 0 Å². The fraction of sp³-hybridized carbons (Fsp3) is 0.889. The summed E-state index contributed by atoms with van der Waals surface area (Å²) in [4.78, 5) is 13.3. The zero-order valence-electron chi connectivity index (χ0n) is 7.63. The van der Waals surface area contributed by atoms with Crippen LogP contribution in [-0.4, -0.2) is 42.7 Å². The number of nitrogens with one attached hydrogen (secondary N) is 1. The number of hydrogen-bond donors (Lipinski definition) is 1. The van der Waals surface area contributed by atoms with Crippen molar-refractivity contribution in [3.63, 3.8) is 0 Å². The fourth-order valence-corrected chi connectivity index (χ4v) is 2.03. The van der Waals surface area contributed by atoms with E-state index < -0.39 is 6.17 Å². The van der Waals surface area contributed by atoms with Gasteiger partial charge in [0.25, 0.3) is 0 Å². The predicted octanol–water partition coefficient (Wildman–Crippen LogP) is 0.309. The zero-order valence-corrected chi connectivity index (χ0v) is 7.63. The van der Waals surface area contributed by atoms with Crippen molar-refractivity contribution in [3.05, 3.63) is 0 Å². The van der Waals surface area contributed by atoms with E-state index in [2.05, 4.69) is 5.32 Å². The molecular weight excluding hydrogens is 171 g/mol. The lowest BCUT2D eigenvalue weighted by atomic mass is 10.2. The van der Waals surface area contributed by atoms with E-state index in [1.807, 2.05) is 0 Å². The van der Waals surface area contributed by atoms with Crippen LogP contribution in [0.2, 0.25) is 0 Å². The SMILES string of the molecule is O=C([C@H]1CCCN1)N1CC[C@H](F)C1. The van der Waals surface area contributed by atoms with E-state index in [0.717, 1.165) is 19.4 Å². The highest BCUT2D eigenvalue weighted by Gasteiger charge is 2.31. The molecule has 2 rings (SSSR count). The molecule has 2 saturated heterocycles. The second kappa shape index (κ2) is 3.62. The highest BCUT2D eigenvalue weighted by molar-refractivity contribution is 5.82. The van der Waals surface area contributed by atoms with E-state index in [4.69, 9.17) is 0 Å². The first-order chi connectivity index (χ1) is 6.27. The van der Waals surface area contributed by atoms with Crippen LogP contribution in [0.25, 0.3) is 0 Å². The summed E-state index contributed by atoms with van der Waals surface area (Å²) < 4.78 is 12.8. The minimum absolute atomic E-state index is 0.0368. The van der Waals surface area contributed by atoms with Crippen LogP contribution in [0.4, 0.5) is 4.39 Å². The van der Waals surface area contributed by atoms with Crippen LogP contribution in [0.3, 0.4) is 0 Å². The van der Waals surface area contributed by atoms with E-state index in [9.17, 15) is 9.18 Å². The molecule has 4 heteroatoms. The first kappa shape index (κ1) is 8.94. The fourth-order valence-electron chi connectivity index (χ4n) is 2.03.